The van der Waals surface area contributed by atoms with Crippen molar-refractivity contribution in [2.24, 2.45) is 0 Å². The predicted octanol–water partition coefficient (Wildman–Crippen LogP) is 3.08. The van der Waals surface area contributed by atoms with Gasteiger partial charge in [0, 0.05) is 16.7 Å². The lowest BCUT2D eigenvalue weighted by molar-refractivity contribution is -0.261. The smallest absolute Gasteiger partial charge is 0.426 e. The standard InChI is InChI=1S/C14H9ClF3N3O4/c15-7-1-2-9-8(5-7)13(14(16,17)18,25-12(23)20-9)6-19-11(22)10-3-4-24-21-10/h1-5H,6H2,(H,19,22)(H,20,23). The third-order valence-corrected chi connectivity index (χ3v) is 3.78. The van der Waals surface area contributed by atoms with Crippen LogP contribution in [0, 0.1) is 0 Å². The summed E-state index contributed by atoms with van der Waals surface area (Å²) >= 11 is 5.79. The summed E-state index contributed by atoms with van der Waals surface area (Å²) in [4.78, 5) is 23.5. The van der Waals surface area contributed by atoms with Gasteiger partial charge in [-0.1, -0.05) is 16.8 Å². The van der Waals surface area contributed by atoms with Crippen LogP contribution in [0.4, 0.5) is 23.7 Å². The SMILES string of the molecule is O=C1Nc2ccc(Cl)cc2C(CNC(=O)c2ccon2)(C(F)(F)F)O1. The number of cyclic esters (lactones) is 1. The molecule has 2 aromatic rings. The summed E-state index contributed by atoms with van der Waals surface area (Å²) in [6.45, 7) is -1.07. The Kier molecular flexibility index (Phi) is 4.07. The fourth-order valence-corrected chi connectivity index (χ4v) is 2.55. The van der Waals surface area contributed by atoms with Crippen LogP contribution in [0.3, 0.4) is 0 Å². The first-order chi connectivity index (χ1) is 11.7. The van der Waals surface area contributed by atoms with Gasteiger partial charge in [-0.25, -0.2) is 4.79 Å². The Morgan fingerprint density at radius 2 is 2.12 bits per heavy atom. The highest BCUT2D eigenvalue weighted by molar-refractivity contribution is 6.30. The fraction of sp³-hybridized carbons (Fsp3) is 0.214. The second kappa shape index (κ2) is 5.96. The average molecular weight is 376 g/mol. The first-order valence-electron chi connectivity index (χ1n) is 6.78. The maximum atomic E-state index is 13.8. The van der Waals surface area contributed by atoms with Gasteiger partial charge in [0.25, 0.3) is 11.5 Å². The molecule has 0 radical (unpaired) electrons. The van der Waals surface area contributed by atoms with Crippen LogP contribution in [0.5, 0.6) is 0 Å². The molecule has 0 fully saturated rings. The van der Waals surface area contributed by atoms with Gasteiger partial charge in [-0.3, -0.25) is 10.1 Å². The summed E-state index contributed by atoms with van der Waals surface area (Å²) in [6.07, 6.45) is -5.24. The molecule has 11 heteroatoms. The van der Waals surface area contributed by atoms with Crippen molar-refractivity contribution in [1.82, 2.24) is 10.5 Å². The molecule has 0 saturated heterocycles. The Morgan fingerprint density at radius 3 is 2.76 bits per heavy atom. The zero-order chi connectivity index (χ0) is 18.2. The average Bonchev–Trinajstić information content (AvgIpc) is 3.06. The Morgan fingerprint density at radius 1 is 1.36 bits per heavy atom. The van der Waals surface area contributed by atoms with Crippen LogP contribution >= 0.6 is 11.6 Å². The van der Waals surface area contributed by atoms with Crippen LogP contribution in [-0.4, -0.2) is 29.9 Å². The maximum Gasteiger partial charge on any atom is 0.434 e. The largest absolute Gasteiger partial charge is 0.434 e. The van der Waals surface area contributed by atoms with Crippen LogP contribution in [0.15, 0.2) is 35.1 Å². The molecule has 1 aromatic carbocycles. The molecular weight excluding hydrogens is 367 g/mol. The number of benzene rings is 1. The lowest BCUT2D eigenvalue weighted by Gasteiger charge is -2.39. The van der Waals surface area contributed by atoms with E-state index in [-0.39, 0.29) is 16.4 Å². The lowest BCUT2D eigenvalue weighted by atomic mass is 9.89. The van der Waals surface area contributed by atoms with E-state index >= 15 is 0 Å². The number of halogens is 4. The molecule has 0 bridgehead atoms. The van der Waals surface area contributed by atoms with Crippen molar-refractivity contribution in [1.29, 1.82) is 0 Å². The topological polar surface area (TPSA) is 93.5 Å². The van der Waals surface area contributed by atoms with Gasteiger partial charge in [-0.05, 0) is 18.2 Å². The summed E-state index contributed by atoms with van der Waals surface area (Å²) < 4.78 is 50.6. The Hall–Kier alpha value is -2.75. The van der Waals surface area contributed by atoms with E-state index in [9.17, 15) is 22.8 Å². The van der Waals surface area contributed by atoms with E-state index < -0.39 is 35.9 Å². The van der Waals surface area contributed by atoms with E-state index in [1.165, 1.54) is 18.2 Å². The second-order valence-corrected chi connectivity index (χ2v) is 5.53. The van der Waals surface area contributed by atoms with Crippen molar-refractivity contribution < 1.29 is 32.0 Å². The molecular formula is C14H9ClF3N3O4. The van der Waals surface area contributed by atoms with Crippen LogP contribution in [0.25, 0.3) is 0 Å². The number of ether oxygens (including phenoxy) is 1. The molecule has 7 nitrogen and oxygen atoms in total. The molecule has 1 unspecified atom stereocenters. The highest BCUT2D eigenvalue weighted by atomic mass is 35.5. The van der Waals surface area contributed by atoms with Crippen LogP contribution < -0.4 is 10.6 Å². The molecule has 0 spiro atoms. The number of anilines is 1. The van der Waals surface area contributed by atoms with Gasteiger partial charge in [0.05, 0.1) is 12.2 Å². The maximum absolute atomic E-state index is 13.8. The molecule has 2 N–H and O–H groups in total. The highest BCUT2D eigenvalue weighted by Crippen LogP contribution is 2.47. The number of rotatable bonds is 3. The predicted molar refractivity (Wildman–Crippen MR) is 78.1 cm³/mol. The van der Waals surface area contributed by atoms with Gasteiger partial charge >= 0.3 is 12.3 Å². The number of nitrogens with one attached hydrogen (secondary N) is 2. The van der Waals surface area contributed by atoms with Crippen LogP contribution in [0.2, 0.25) is 5.02 Å². The van der Waals surface area contributed by atoms with Gasteiger partial charge in [0.15, 0.2) is 5.69 Å². The quantitative estimate of drug-likeness (QED) is 0.860. The Bertz CT molecular complexity index is 825. The number of fused-ring (bicyclic) bond motifs is 1. The molecule has 2 amide bonds. The molecule has 2 heterocycles. The number of hydrogen-bond acceptors (Lipinski definition) is 5. The number of carbonyl (C=O) groups is 2. The summed E-state index contributed by atoms with van der Waals surface area (Å²) in [5.41, 5.74) is -3.86. The summed E-state index contributed by atoms with van der Waals surface area (Å²) in [5, 5.41) is 7.56. The molecule has 25 heavy (non-hydrogen) atoms. The Labute approximate surface area is 143 Å². The number of carbonyl (C=O) groups excluding carboxylic acids is 2. The first-order valence-corrected chi connectivity index (χ1v) is 7.16. The van der Waals surface area contributed by atoms with E-state index in [4.69, 9.17) is 11.6 Å². The molecule has 3 rings (SSSR count). The van der Waals surface area contributed by atoms with Crippen molar-refractivity contribution in [3.63, 3.8) is 0 Å². The molecule has 1 atom stereocenters. The number of amides is 2. The number of nitrogens with zero attached hydrogens (tertiary/aromatic N) is 1. The number of hydrogen-bond donors (Lipinski definition) is 2. The van der Waals surface area contributed by atoms with Gasteiger partial charge in [0.2, 0.25) is 0 Å². The molecule has 1 aliphatic rings. The van der Waals surface area contributed by atoms with E-state index in [1.807, 2.05) is 0 Å². The number of alkyl halides is 3. The van der Waals surface area contributed by atoms with E-state index in [0.717, 1.165) is 12.3 Å². The highest BCUT2D eigenvalue weighted by Gasteiger charge is 2.62. The van der Waals surface area contributed by atoms with E-state index in [1.54, 1.807) is 0 Å². The van der Waals surface area contributed by atoms with Gasteiger partial charge in [-0.15, -0.1) is 0 Å². The summed E-state index contributed by atoms with van der Waals surface area (Å²) in [7, 11) is 0. The van der Waals surface area contributed by atoms with Gasteiger partial charge in [-0.2, -0.15) is 13.2 Å². The van der Waals surface area contributed by atoms with Crippen molar-refractivity contribution in [2.45, 2.75) is 11.8 Å². The molecule has 1 aliphatic heterocycles. The minimum absolute atomic E-state index is 0.00921. The molecule has 0 aliphatic carbocycles. The van der Waals surface area contributed by atoms with Crippen molar-refractivity contribution in [3.05, 3.63) is 46.8 Å². The van der Waals surface area contributed by atoms with Crippen molar-refractivity contribution in [2.75, 3.05) is 11.9 Å². The zero-order valence-corrected chi connectivity index (χ0v) is 12.9. The van der Waals surface area contributed by atoms with E-state index in [2.05, 4.69) is 25.1 Å². The normalized spacial score (nSPS) is 19.6. The van der Waals surface area contributed by atoms with Crippen LogP contribution in [-0.2, 0) is 10.3 Å². The Balaban J connectivity index is 2.01. The van der Waals surface area contributed by atoms with Crippen molar-refractivity contribution >= 4 is 29.3 Å². The van der Waals surface area contributed by atoms with Gasteiger partial charge in [0.1, 0.15) is 6.26 Å². The van der Waals surface area contributed by atoms with Crippen molar-refractivity contribution in [3.8, 4) is 0 Å². The minimum atomic E-state index is -5.03. The minimum Gasteiger partial charge on any atom is -0.426 e. The second-order valence-electron chi connectivity index (χ2n) is 5.10. The van der Waals surface area contributed by atoms with Gasteiger partial charge < -0.3 is 14.6 Å². The summed E-state index contributed by atoms with van der Waals surface area (Å²) in [6, 6.07) is 4.74. The third kappa shape index (κ3) is 3.00. The van der Waals surface area contributed by atoms with E-state index in [0.29, 0.717) is 0 Å². The van der Waals surface area contributed by atoms with Crippen LogP contribution in [0.1, 0.15) is 16.1 Å². The first kappa shape index (κ1) is 17.1. The lowest BCUT2D eigenvalue weighted by Crippen LogP contribution is -2.56. The fourth-order valence-electron chi connectivity index (χ4n) is 2.38. The monoisotopic (exact) mass is 375 g/mol. The zero-order valence-electron chi connectivity index (χ0n) is 12.2. The summed E-state index contributed by atoms with van der Waals surface area (Å²) in [5.74, 6) is -0.921. The molecule has 132 valence electrons. The third-order valence-electron chi connectivity index (χ3n) is 3.55. The molecule has 1 aromatic heterocycles. The molecule has 0 saturated carbocycles. The number of aromatic nitrogens is 1.